The fourth-order valence-corrected chi connectivity index (χ4v) is 1.63. The van der Waals surface area contributed by atoms with Crippen LogP contribution in [0.1, 0.15) is 18.1 Å². The van der Waals surface area contributed by atoms with Crippen molar-refractivity contribution in [2.24, 2.45) is 0 Å². The SMILES string of the molecule is C=Cc1ccc(C(C)(I)I)cc1. The Bertz CT molecular complexity index is 267. The molecule has 2 heteroatoms. The molecule has 0 saturated heterocycles. The Kier molecular flexibility index (Phi) is 3.58. The molecule has 0 N–H and O–H groups in total. The molecule has 64 valence electrons. The van der Waals surface area contributed by atoms with Crippen LogP contribution >= 0.6 is 45.2 Å². The van der Waals surface area contributed by atoms with Crippen LogP contribution in [0.15, 0.2) is 30.8 Å². The average molecular weight is 384 g/mol. The lowest BCUT2D eigenvalue weighted by Gasteiger charge is -2.14. The van der Waals surface area contributed by atoms with Crippen molar-refractivity contribution in [2.45, 2.75) is 8.35 Å². The molecule has 0 heterocycles. The van der Waals surface area contributed by atoms with Gasteiger partial charge in [0.25, 0.3) is 0 Å². The van der Waals surface area contributed by atoms with Gasteiger partial charge in [0.1, 0.15) is 0 Å². The number of hydrogen-bond donors (Lipinski definition) is 0. The second kappa shape index (κ2) is 4.09. The summed E-state index contributed by atoms with van der Waals surface area (Å²) in [6.07, 6.45) is 1.86. The van der Waals surface area contributed by atoms with E-state index in [1.54, 1.807) is 0 Å². The van der Waals surface area contributed by atoms with Crippen LogP contribution in [0.25, 0.3) is 6.08 Å². The van der Waals surface area contributed by atoms with Gasteiger partial charge in [0.2, 0.25) is 0 Å². The number of alkyl halides is 2. The Morgan fingerprint density at radius 1 is 1.25 bits per heavy atom. The lowest BCUT2D eigenvalue weighted by molar-refractivity contribution is 1.11. The summed E-state index contributed by atoms with van der Waals surface area (Å²) in [5.41, 5.74) is 2.52. The maximum atomic E-state index is 3.72. The molecular weight excluding hydrogens is 374 g/mol. The molecule has 0 saturated carbocycles. The third kappa shape index (κ3) is 2.73. The highest BCUT2D eigenvalue weighted by Gasteiger charge is 2.16. The van der Waals surface area contributed by atoms with Crippen LogP contribution in [-0.2, 0) is 1.43 Å². The molecule has 0 spiro atoms. The summed E-state index contributed by atoms with van der Waals surface area (Å²) in [6.45, 7) is 5.91. The van der Waals surface area contributed by atoms with Crippen LogP contribution in [0.3, 0.4) is 0 Å². The summed E-state index contributed by atoms with van der Waals surface area (Å²) in [4.78, 5) is 0. The molecule has 0 fully saturated rings. The van der Waals surface area contributed by atoms with E-state index in [9.17, 15) is 0 Å². The van der Waals surface area contributed by atoms with E-state index in [2.05, 4.69) is 82.9 Å². The Morgan fingerprint density at radius 3 is 2.08 bits per heavy atom. The third-order valence-corrected chi connectivity index (χ3v) is 2.90. The Morgan fingerprint density at radius 2 is 1.75 bits per heavy atom. The molecule has 0 amide bonds. The monoisotopic (exact) mass is 384 g/mol. The van der Waals surface area contributed by atoms with Crippen LogP contribution in [0.2, 0.25) is 0 Å². The molecule has 1 aromatic rings. The minimum atomic E-state index is 0.190. The number of halogens is 2. The highest BCUT2D eigenvalue weighted by atomic mass is 127. The van der Waals surface area contributed by atoms with E-state index >= 15 is 0 Å². The zero-order valence-electron chi connectivity index (χ0n) is 6.85. The van der Waals surface area contributed by atoms with Crippen molar-refractivity contribution in [3.63, 3.8) is 0 Å². The van der Waals surface area contributed by atoms with Crippen molar-refractivity contribution in [3.8, 4) is 0 Å². The number of hydrogen-bond acceptors (Lipinski definition) is 0. The van der Waals surface area contributed by atoms with Crippen molar-refractivity contribution in [3.05, 3.63) is 42.0 Å². The van der Waals surface area contributed by atoms with Crippen molar-refractivity contribution in [1.82, 2.24) is 0 Å². The summed E-state index contributed by atoms with van der Waals surface area (Å²) in [5, 5.41) is 0. The third-order valence-electron chi connectivity index (χ3n) is 1.65. The Labute approximate surface area is 101 Å². The molecule has 0 radical (unpaired) electrons. The standard InChI is InChI=1S/C10H10I2/c1-3-8-4-6-9(7-5-8)10(2,11)12/h3-7H,1H2,2H3. The minimum Gasteiger partial charge on any atom is -0.0985 e. The van der Waals surface area contributed by atoms with Gasteiger partial charge < -0.3 is 0 Å². The first kappa shape index (κ1) is 10.5. The lowest BCUT2D eigenvalue weighted by atomic mass is 10.1. The molecule has 0 unspecified atom stereocenters. The van der Waals surface area contributed by atoms with E-state index < -0.39 is 0 Å². The molecule has 1 aromatic carbocycles. The minimum absolute atomic E-state index is 0.190. The Balaban J connectivity index is 3.00. The van der Waals surface area contributed by atoms with E-state index in [0.29, 0.717) is 0 Å². The molecule has 1 rings (SSSR count). The fraction of sp³-hybridized carbons (Fsp3) is 0.200. The van der Waals surface area contributed by atoms with Crippen LogP contribution in [-0.4, -0.2) is 0 Å². The lowest BCUT2D eigenvalue weighted by Crippen LogP contribution is -2.00. The van der Waals surface area contributed by atoms with Crippen molar-refractivity contribution < 1.29 is 0 Å². The van der Waals surface area contributed by atoms with Gasteiger partial charge in [0, 0.05) is 0 Å². The van der Waals surface area contributed by atoms with Crippen molar-refractivity contribution >= 4 is 51.3 Å². The van der Waals surface area contributed by atoms with Gasteiger partial charge in [-0.05, 0) is 18.1 Å². The summed E-state index contributed by atoms with van der Waals surface area (Å²) < 4.78 is 0.190. The van der Waals surface area contributed by atoms with Gasteiger partial charge in [0.15, 0.2) is 0 Å². The van der Waals surface area contributed by atoms with Crippen LogP contribution in [0.4, 0.5) is 0 Å². The molecule has 0 nitrogen and oxygen atoms in total. The Hall–Kier alpha value is 0.420. The summed E-state index contributed by atoms with van der Waals surface area (Å²) in [5.74, 6) is 0. The number of benzene rings is 1. The average Bonchev–Trinajstić information content (AvgIpc) is 2.03. The fourth-order valence-electron chi connectivity index (χ4n) is 0.912. The first-order valence-electron chi connectivity index (χ1n) is 3.65. The van der Waals surface area contributed by atoms with E-state index in [1.807, 2.05) is 6.08 Å². The van der Waals surface area contributed by atoms with Gasteiger partial charge in [0.05, 0.1) is 1.43 Å². The van der Waals surface area contributed by atoms with Crippen LogP contribution in [0, 0.1) is 0 Å². The molecular formula is C10H10I2. The maximum Gasteiger partial charge on any atom is 0.0954 e. The second-order valence-corrected chi connectivity index (χ2v) is 9.09. The van der Waals surface area contributed by atoms with Crippen molar-refractivity contribution in [1.29, 1.82) is 0 Å². The quantitative estimate of drug-likeness (QED) is 0.525. The van der Waals surface area contributed by atoms with E-state index in [0.717, 1.165) is 0 Å². The maximum absolute atomic E-state index is 3.72. The van der Waals surface area contributed by atoms with Gasteiger partial charge in [-0.25, -0.2) is 0 Å². The summed E-state index contributed by atoms with van der Waals surface area (Å²) in [6, 6.07) is 8.49. The molecule has 0 aliphatic heterocycles. The van der Waals surface area contributed by atoms with Gasteiger partial charge in [-0.15, -0.1) is 0 Å². The largest absolute Gasteiger partial charge is 0.0985 e. The first-order chi connectivity index (χ1) is 5.54. The van der Waals surface area contributed by atoms with Crippen LogP contribution < -0.4 is 0 Å². The predicted molar refractivity (Wildman–Crippen MR) is 71.9 cm³/mol. The van der Waals surface area contributed by atoms with Gasteiger partial charge in [-0.3, -0.25) is 0 Å². The predicted octanol–water partition coefficient (Wildman–Crippen LogP) is 4.37. The van der Waals surface area contributed by atoms with Gasteiger partial charge in [-0.2, -0.15) is 0 Å². The number of rotatable bonds is 2. The highest BCUT2D eigenvalue weighted by Crippen LogP contribution is 2.38. The van der Waals surface area contributed by atoms with Crippen LogP contribution in [0.5, 0.6) is 0 Å². The van der Waals surface area contributed by atoms with E-state index in [-0.39, 0.29) is 1.43 Å². The molecule has 0 bridgehead atoms. The van der Waals surface area contributed by atoms with Gasteiger partial charge >= 0.3 is 0 Å². The normalized spacial score (nSPS) is 11.2. The van der Waals surface area contributed by atoms with E-state index in [4.69, 9.17) is 0 Å². The first-order valence-corrected chi connectivity index (χ1v) is 5.80. The van der Waals surface area contributed by atoms with Gasteiger partial charge in [-0.1, -0.05) is 82.1 Å². The smallest absolute Gasteiger partial charge is 0.0954 e. The zero-order valence-corrected chi connectivity index (χ0v) is 11.2. The zero-order chi connectivity index (χ0) is 9.19. The molecule has 0 atom stereocenters. The molecule has 0 aliphatic carbocycles. The summed E-state index contributed by atoms with van der Waals surface area (Å²) in [7, 11) is 0. The summed E-state index contributed by atoms with van der Waals surface area (Å²) >= 11 is 4.85. The molecule has 0 aliphatic rings. The topological polar surface area (TPSA) is 0 Å². The molecule has 0 aromatic heterocycles. The van der Waals surface area contributed by atoms with Crippen molar-refractivity contribution in [2.75, 3.05) is 0 Å². The molecule has 12 heavy (non-hydrogen) atoms. The second-order valence-electron chi connectivity index (χ2n) is 2.71. The van der Waals surface area contributed by atoms with E-state index in [1.165, 1.54) is 11.1 Å². The highest BCUT2D eigenvalue weighted by molar-refractivity contribution is 14.2.